The van der Waals surface area contributed by atoms with Gasteiger partial charge >= 0.3 is 0 Å². The Labute approximate surface area is 139 Å². The minimum atomic E-state index is -0.0266. The highest BCUT2D eigenvalue weighted by Crippen LogP contribution is 2.32. The Morgan fingerprint density at radius 1 is 1.22 bits per heavy atom. The number of anilines is 1. The summed E-state index contributed by atoms with van der Waals surface area (Å²) < 4.78 is 0. The van der Waals surface area contributed by atoms with Crippen LogP contribution in [0, 0.1) is 6.92 Å². The van der Waals surface area contributed by atoms with Gasteiger partial charge in [-0.1, -0.05) is 35.9 Å². The average Bonchev–Trinajstić information content (AvgIpc) is 2.53. The van der Waals surface area contributed by atoms with Gasteiger partial charge in [0.25, 0.3) is 0 Å². The number of rotatable bonds is 4. The monoisotopic (exact) mass is 326 g/mol. The zero-order valence-electron chi connectivity index (χ0n) is 12.9. The molecule has 0 fully saturated rings. The van der Waals surface area contributed by atoms with Crippen molar-refractivity contribution in [3.05, 3.63) is 59.2 Å². The molecule has 0 aliphatic carbocycles. The Hall–Kier alpha value is -2.27. The molecule has 0 saturated heterocycles. The fourth-order valence-electron chi connectivity index (χ4n) is 2.51. The number of hydrogen-bond donors (Lipinski definition) is 2. The van der Waals surface area contributed by atoms with Gasteiger partial charge in [-0.3, -0.25) is 9.59 Å². The van der Waals surface area contributed by atoms with E-state index < -0.39 is 0 Å². The normalized spacial score (nSPS) is 13.2. The van der Waals surface area contributed by atoms with Crippen LogP contribution in [0.25, 0.3) is 0 Å². The molecule has 0 atom stereocenters. The van der Waals surface area contributed by atoms with E-state index in [1.54, 1.807) is 0 Å². The van der Waals surface area contributed by atoms with Gasteiger partial charge in [0.2, 0.25) is 11.8 Å². The topological polar surface area (TPSA) is 58.2 Å². The summed E-state index contributed by atoms with van der Waals surface area (Å²) in [5, 5.41) is 5.78. The lowest BCUT2D eigenvalue weighted by Crippen LogP contribution is -2.25. The highest BCUT2D eigenvalue weighted by atomic mass is 32.2. The summed E-state index contributed by atoms with van der Waals surface area (Å²) in [6.07, 6.45) is 0.305. The molecular formula is C18H18N2O2S. The number of carbonyl (C=O) groups is 2. The van der Waals surface area contributed by atoms with Crippen molar-refractivity contribution in [3.63, 3.8) is 0 Å². The maximum atomic E-state index is 12.1. The van der Waals surface area contributed by atoms with E-state index in [-0.39, 0.29) is 11.8 Å². The van der Waals surface area contributed by atoms with Crippen LogP contribution >= 0.6 is 11.8 Å². The quantitative estimate of drug-likeness (QED) is 0.908. The van der Waals surface area contributed by atoms with E-state index in [9.17, 15) is 9.59 Å². The first-order chi connectivity index (χ1) is 11.1. The zero-order valence-corrected chi connectivity index (χ0v) is 13.7. The predicted molar refractivity (Wildman–Crippen MR) is 92.5 cm³/mol. The second-order valence-electron chi connectivity index (χ2n) is 5.61. The first-order valence-corrected chi connectivity index (χ1v) is 8.46. The Balaban J connectivity index is 1.59. The molecule has 0 radical (unpaired) electrons. The van der Waals surface area contributed by atoms with E-state index in [2.05, 4.69) is 16.7 Å². The third-order valence-corrected chi connectivity index (χ3v) is 4.69. The molecule has 1 heterocycles. The lowest BCUT2D eigenvalue weighted by atomic mass is 10.1. The molecule has 5 heteroatoms. The van der Waals surface area contributed by atoms with Crippen molar-refractivity contribution in [2.24, 2.45) is 0 Å². The lowest BCUT2D eigenvalue weighted by molar-refractivity contribution is -0.120. The standard InChI is InChI=1S/C18H18N2O2S/c1-12-3-2-4-14(7-12)10-19-17(21)9-13-5-6-16-15(8-13)20-18(22)11-23-16/h2-8H,9-11H2,1H3,(H,19,21)(H,20,22). The molecule has 2 aromatic carbocycles. The third-order valence-electron chi connectivity index (χ3n) is 3.61. The molecule has 0 unspecified atom stereocenters. The highest BCUT2D eigenvalue weighted by Gasteiger charge is 2.16. The van der Waals surface area contributed by atoms with Gasteiger partial charge < -0.3 is 10.6 Å². The SMILES string of the molecule is Cc1cccc(CNC(=O)Cc2ccc3c(c2)NC(=O)CS3)c1. The molecule has 118 valence electrons. The number of carbonyl (C=O) groups excluding carboxylic acids is 2. The van der Waals surface area contributed by atoms with Crippen molar-refractivity contribution < 1.29 is 9.59 Å². The summed E-state index contributed by atoms with van der Waals surface area (Å²) in [5.74, 6) is 0.424. The van der Waals surface area contributed by atoms with Gasteiger partial charge in [-0.2, -0.15) is 0 Å². The summed E-state index contributed by atoms with van der Waals surface area (Å²) in [6.45, 7) is 2.56. The van der Waals surface area contributed by atoms with Gasteiger partial charge in [0.05, 0.1) is 17.9 Å². The van der Waals surface area contributed by atoms with Gasteiger partial charge in [0.1, 0.15) is 0 Å². The van der Waals surface area contributed by atoms with Crippen molar-refractivity contribution in [2.45, 2.75) is 24.8 Å². The predicted octanol–water partition coefficient (Wildman–Crippen LogP) is 2.90. The van der Waals surface area contributed by atoms with Crippen LogP contribution in [0.15, 0.2) is 47.4 Å². The molecule has 1 aliphatic rings. The molecule has 2 amide bonds. The van der Waals surface area contributed by atoms with Crippen LogP contribution in [0.3, 0.4) is 0 Å². The molecule has 1 aliphatic heterocycles. The van der Waals surface area contributed by atoms with E-state index in [1.165, 1.54) is 17.3 Å². The van der Waals surface area contributed by atoms with Gasteiger partial charge in [-0.25, -0.2) is 0 Å². The largest absolute Gasteiger partial charge is 0.352 e. The number of fused-ring (bicyclic) bond motifs is 1. The number of nitrogens with one attached hydrogen (secondary N) is 2. The third kappa shape index (κ3) is 4.13. The van der Waals surface area contributed by atoms with Crippen LogP contribution in [-0.4, -0.2) is 17.6 Å². The van der Waals surface area contributed by atoms with Crippen molar-refractivity contribution >= 4 is 29.3 Å². The van der Waals surface area contributed by atoms with Gasteiger partial charge in [0, 0.05) is 11.4 Å². The minimum absolute atomic E-state index is 0.00329. The smallest absolute Gasteiger partial charge is 0.234 e. The lowest BCUT2D eigenvalue weighted by Gasteiger charge is -2.17. The van der Waals surface area contributed by atoms with Crippen molar-refractivity contribution in [1.82, 2.24) is 5.32 Å². The van der Waals surface area contributed by atoms with Crippen molar-refractivity contribution in [2.75, 3.05) is 11.1 Å². The van der Waals surface area contributed by atoms with Crippen molar-refractivity contribution in [3.8, 4) is 0 Å². The summed E-state index contributed by atoms with van der Waals surface area (Å²) >= 11 is 1.52. The number of amides is 2. The number of benzene rings is 2. The fourth-order valence-corrected chi connectivity index (χ4v) is 3.30. The summed E-state index contributed by atoms with van der Waals surface area (Å²) in [7, 11) is 0. The average molecular weight is 326 g/mol. The van der Waals surface area contributed by atoms with E-state index in [1.807, 2.05) is 43.3 Å². The summed E-state index contributed by atoms with van der Waals surface area (Å²) in [4.78, 5) is 24.6. The second-order valence-corrected chi connectivity index (χ2v) is 6.63. The molecule has 4 nitrogen and oxygen atoms in total. The van der Waals surface area contributed by atoms with Crippen LogP contribution in [0.4, 0.5) is 5.69 Å². The fraction of sp³-hybridized carbons (Fsp3) is 0.222. The number of thioether (sulfide) groups is 1. The van der Waals surface area contributed by atoms with E-state index in [0.29, 0.717) is 18.7 Å². The number of aryl methyl sites for hydroxylation is 1. The van der Waals surface area contributed by atoms with E-state index >= 15 is 0 Å². The Bertz CT molecular complexity index is 758. The summed E-state index contributed by atoms with van der Waals surface area (Å²) in [6, 6.07) is 13.9. The van der Waals surface area contributed by atoms with Gasteiger partial charge in [0.15, 0.2) is 0 Å². The van der Waals surface area contributed by atoms with E-state index in [4.69, 9.17) is 0 Å². The Morgan fingerprint density at radius 3 is 2.91 bits per heavy atom. The molecular weight excluding hydrogens is 308 g/mol. The molecule has 0 spiro atoms. The highest BCUT2D eigenvalue weighted by molar-refractivity contribution is 8.00. The molecule has 0 saturated carbocycles. The maximum absolute atomic E-state index is 12.1. The van der Waals surface area contributed by atoms with Crippen LogP contribution in [0.1, 0.15) is 16.7 Å². The Morgan fingerprint density at radius 2 is 2.09 bits per heavy atom. The molecule has 0 bridgehead atoms. The first kappa shape index (κ1) is 15.6. The maximum Gasteiger partial charge on any atom is 0.234 e. The first-order valence-electron chi connectivity index (χ1n) is 7.48. The van der Waals surface area contributed by atoms with Crippen LogP contribution in [-0.2, 0) is 22.6 Å². The minimum Gasteiger partial charge on any atom is -0.352 e. The van der Waals surface area contributed by atoms with Crippen LogP contribution < -0.4 is 10.6 Å². The molecule has 2 aromatic rings. The van der Waals surface area contributed by atoms with Gasteiger partial charge in [-0.15, -0.1) is 11.8 Å². The molecule has 0 aromatic heterocycles. The van der Waals surface area contributed by atoms with Crippen LogP contribution in [0.2, 0.25) is 0 Å². The Kier molecular flexibility index (Phi) is 4.67. The van der Waals surface area contributed by atoms with Crippen LogP contribution in [0.5, 0.6) is 0 Å². The summed E-state index contributed by atoms with van der Waals surface area (Å²) in [5.41, 5.74) is 3.97. The van der Waals surface area contributed by atoms with E-state index in [0.717, 1.165) is 21.7 Å². The number of hydrogen-bond acceptors (Lipinski definition) is 3. The van der Waals surface area contributed by atoms with Gasteiger partial charge in [-0.05, 0) is 30.2 Å². The second kappa shape index (κ2) is 6.87. The molecule has 2 N–H and O–H groups in total. The zero-order chi connectivity index (χ0) is 16.2. The molecule has 3 rings (SSSR count). The van der Waals surface area contributed by atoms with Crippen molar-refractivity contribution in [1.29, 1.82) is 0 Å². The molecule has 23 heavy (non-hydrogen) atoms.